The number of anilines is 1. The maximum absolute atomic E-state index is 13.2. The average molecular weight is 817 g/mol. The van der Waals surface area contributed by atoms with Crippen LogP contribution >= 0.6 is 11.6 Å². The lowest BCUT2D eigenvalue weighted by Gasteiger charge is -2.30. The molecule has 4 aromatic rings. The van der Waals surface area contributed by atoms with E-state index in [9.17, 15) is 19.2 Å². The normalized spacial score (nSPS) is 17.6. The number of halogens is 1. The summed E-state index contributed by atoms with van der Waals surface area (Å²) in [4.78, 5) is 58.2. The van der Waals surface area contributed by atoms with E-state index in [0.29, 0.717) is 28.9 Å². The second kappa shape index (κ2) is 20.3. The first kappa shape index (κ1) is 45.9. The van der Waals surface area contributed by atoms with Crippen molar-refractivity contribution in [1.82, 2.24) is 24.3 Å². The van der Waals surface area contributed by atoms with Crippen molar-refractivity contribution in [2.45, 2.75) is 98.6 Å². The third-order valence-corrected chi connectivity index (χ3v) is 11.2. The number of fused-ring (bicyclic) bond motifs is 1. The van der Waals surface area contributed by atoms with Gasteiger partial charge in [0.1, 0.15) is 5.56 Å². The molecule has 1 fully saturated rings. The van der Waals surface area contributed by atoms with Gasteiger partial charge in [0.15, 0.2) is 0 Å². The van der Waals surface area contributed by atoms with Gasteiger partial charge < -0.3 is 25.0 Å². The Kier molecular flexibility index (Phi) is 16.0. The average Bonchev–Trinajstić information content (AvgIpc) is 3.82. The number of aliphatic hydroxyl groups excluding tert-OH is 1. The van der Waals surface area contributed by atoms with Crippen molar-refractivity contribution in [3.63, 3.8) is 0 Å². The summed E-state index contributed by atoms with van der Waals surface area (Å²) in [6, 6.07) is 13.5. The van der Waals surface area contributed by atoms with E-state index < -0.39 is 17.2 Å². The molecule has 314 valence electrons. The summed E-state index contributed by atoms with van der Waals surface area (Å²) in [6.45, 7) is 16.2. The van der Waals surface area contributed by atoms with Crippen LogP contribution in [0.4, 0.5) is 5.69 Å². The SMILES string of the molecule is CCC.CCC(C)C(=O)NC1(C)CCN(C2CCc3cc(-c4cccc(-c5cccc(NC(=O)c6cn(C)c(=O)n(C)c6=O)c5C)c4Cl)nc(OC)c32)C1.CCCO. The Morgan fingerprint density at radius 3 is 2.34 bits per heavy atom. The highest BCUT2D eigenvalue weighted by molar-refractivity contribution is 6.36. The first-order chi connectivity index (χ1) is 27.6. The van der Waals surface area contributed by atoms with Gasteiger partial charge in [-0.1, -0.05) is 83.0 Å². The molecular formula is C45H61ClN6O6. The zero-order valence-electron chi connectivity index (χ0n) is 35.8. The van der Waals surface area contributed by atoms with Crippen molar-refractivity contribution in [2.75, 3.05) is 32.1 Å². The lowest BCUT2D eigenvalue weighted by atomic mass is 9.96. The number of pyridine rings is 1. The van der Waals surface area contributed by atoms with Gasteiger partial charge in [0.05, 0.1) is 23.4 Å². The van der Waals surface area contributed by atoms with Crippen molar-refractivity contribution in [3.05, 3.63) is 96.8 Å². The lowest BCUT2D eigenvalue weighted by molar-refractivity contribution is -0.126. The van der Waals surface area contributed by atoms with E-state index in [-0.39, 0.29) is 29.0 Å². The maximum atomic E-state index is 13.2. The van der Waals surface area contributed by atoms with Crippen LogP contribution in [0.2, 0.25) is 5.02 Å². The summed E-state index contributed by atoms with van der Waals surface area (Å²) in [5.74, 6) is 0.0549. The molecule has 3 atom stereocenters. The standard InChI is InChI=1S/C39H45ClN6O5.C3H8O.C3H8/c1-8-22(2)34(47)43-39(4)17-18-46(21-39)31-16-15-24-19-30(42-36(51-7)32(24)31)27-13-9-12-26(33(27)40)25-11-10-14-29(23(25)3)41-35(48)28-20-44(5)38(50)45(6)37(28)49;1-2-3-4;1-3-2/h9-14,19-20,22,31H,8,15-18,21H2,1-7H3,(H,41,48)(H,43,47);4H,2-3H2,1H3;3H2,1-2H3. The number of ether oxygens (including phenoxy) is 1. The topological polar surface area (TPSA) is 148 Å². The number of rotatable bonds is 10. The number of methoxy groups -OCH3 is 1. The minimum absolute atomic E-state index is 0.0139. The molecule has 0 bridgehead atoms. The van der Waals surface area contributed by atoms with Crippen LogP contribution in [0, 0.1) is 12.8 Å². The molecule has 1 aliphatic carbocycles. The van der Waals surface area contributed by atoms with E-state index in [2.05, 4.69) is 42.4 Å². The maximum Gasteiger partial charge on any atom is 0.330 e. The Hall–Kier alpha value is -4.78. The Labute approximate surface area is 347 Å². The van der Waals surface area contributed by atoms with Crippen LogP contribution in [0.5, 0.6) is 5.88 Å². The fourth-order valence-corrected chi connectivity index (χ4v) is 7.69. The van der Waals surface area contributed by atoms with Crippen LogP contribution in [-0.4, -0.2) is 68.3 Å². The number of benzene rings is 2. The van der Waals surface area contributed by atoms with E-state index in [0.717, 1.165) is 77.6 Å². The Morgan fingerprint density at radius 1 is 1.07 bits per heavy atom. The number of nitrogens with zero attached hydrogens (tertiary/aromatic N) is 4. The smallest absolute Gasteiger partial charge is 0.330 e. The van der Waals surface area contributed by atoms with Gasteiger partial charge in [-0.25, -0.2) is 9.78 Å². The van der Waals surface area contributed by atoms with Gasteiger partial charge >= 0.3 is 5.69 Å². The minimum atomic E-state index is -0.673. The minimum Gasteiger partial charge on any atom is -0.481 e. The molecule has 58 heavy (non-hydrogen) atoms. The van der Waals surface area contributed by atoms with E-state index in [4.69, 9.17) is 26.4 Å². The van der Waals surface area contributed by atoms with Gasteiger partial charge in [0.25, 0.3) is 11.5 Å². The summed E-state index contributed by atoms with van der Waals surface area (Å²) in [6.07, 6.45) is 6.87. The Balaban J connectivity index is 0.000000987. The molecule has 6 rings (SSSR count). The zero-order chi connectivity index (χ0) is 42.9. The summed E-state index contributed by atoms with van der Waals surface area (Å²) >= 11 is 7.17. The molecule has 1 saturated heterocycles. The van der Waals surface area contributed by atoms with Crippen LogP contribution in [0.3, 0.4) is 0 Å². The number of aromatic nitrogens is 3. The van der Waals surface area contributed by atoms with Gasteiger partial charge in [-0.05, 0) is 74.8 Å². The van der Waals surface area contributed by atoms with Crippen LogP contribution < -0.4 is 26.6 Å². The van der Waals surface area contributed by atoms with Crippen LogP contribution in [0.25, 0.3) is 22.4 Å². The molecule has 1 aliphatic heterocycles. The first-order valence-corrected chi connectivity index (χ1v) is 20.7. The van der Waals surface area contributed by atoms with Gasteiger partial charge in [-0.2, -0.15) is 0 Å². The number of aryl methyl sites for hydroxylation is 2. The highest BCUT2D eigenvalue weighted by Crippen LogP contribution is 2.46. The van der Waals surface area contributed by atoms with Crippen molar-refractivity contribution in [1.29, 1.82) is 0 Å². The fourth-order valence-electron chi connectivity index (χ4n) is 7.37. The number of carbonyl (C=O) groups excluding carboxylic acids is 2. The number of hydrogen-bond acceptors (Lipinski definition) is 8. The molecule has 0 spiro atoms. The van der Waals surface area contributed by atoms with E-state index >= 15 is 0 Å². The predicted octanol–water partition coefficient (Wildman–Crippen LogP) is 7.45. The molecule has 2 aromatic heterocycles. The largest absolute Gasteiger partial charge is 0.481 e. The molecule has 0 saturated carbocycles. The monoisotopic (exact) mass is 816 g/mol. The fraction of sp³-hybridized carbons (Fsp3) is 0.489. The number of amides is 2. The van der Waals surface area contributed by atoms with Crippen LogP contribution in [0.1, 0.15) is 107 Å². The molecule has 3 heterocycles. The Morgan fingerprint density at radius 2 is 1.71 bits per heavy atom. The zero-order valence-corrected chi connectivity index (χ0v) is 36.5. The second-order valence-electron chi connectivity index (χ2n) is 15.6. The van der Waals surface area contributed by atoms with Gasteiger partial charge in [-0.3, -0.25) is 23.9 Å². The first-order valence-electron chi connectivity index (χ1n) is 20.3. The molecule has 13 heteroatoms. The van der Waals surface area contributed by atoms with Crippen molar-refractivity contribution < 1.29 is 19.4 Å². The summed E-state index contributed by atoms with van der Waals surface area (Å²) < 4.78 is 8.04. The summed E-state index contributed by atoms with van der Waals surface area (Å²) in [5, 5.41) is 14.5. The molecule has 2 aromatic carbocycles. The second-order valence-corrected chi connectivity index (χ2v) is 15.9. The van der Waals surface area contributed by atoms with Crippen molar-refractivity contribution in [3.8, 4) is 28.3 Å². The molecule has 2 amide bonds. The number of hydrogen-bond donors (Lipinski definition) is 3. The predicted molar refractivity (Wildman–Crippen MR) is 233 cm³/mol. The van der Waals surface area contributed by atoms with Crippen LogP contribution in [0.15, 0.2) is 58.3 Å². The molecule has 2 aliphatic rings. The molecular weight excluding hydrogens is 756 g/mol. The summed E-state index contributed by atoms with van der Waals surface area (Å²) in [5.41, 5.74) is 4.94. The molecule has 3 unspecified atom stereocenters. The van der Waals surface area contributed by atoms with Crippen molar-refractivity contribution >= 4 is 29.1 Å². The third kappa shape index (κ3) is 10.1. The number of aliphatic hydroxyl groups is 1. The highest BCUT2D eigenvalue weighted by atomic mass is 35.5. The highest BCUT2D eigenvalue weighted by Gasteiger charge is 2.42. The number of carbonyl (C=O) groups is 2. The quantitative estimate of drug-likeness (QED) is 0.150. The summed E-state index contributed by atoms with van der Waals surface area (Å²) in [7, 11) is 4.48. The molecule has 12 nitrogen and oxygen atoms in total. The van der Waals surface area contributed by atoms with Gasteiger partial charge in [0.2, 0.25) is 11.8 Å². The van der Waals surface area contributed by atoms with E-state index in [1.54, 1.807) is 13.2 Å². The van der Waals surface area contributed by atoms with Crippen LogP contribution in [-0.2, 0) is 25.3 Å². The molecule has 3 N–H and O–H groups in total. The lowest BCUT2D eigenvalue weighted by Crippen LogP contribution is -2.49. The molecule has 0 radical (unpaired) electrons. The van der Waals surface area contributed by atoms with E-state index in [1.165, 1.54) is 36.8 Å². The van der Waals surface area contributed by atoms with Gasteiger partial charge in [0, 0.05) is 74.3 Å². The number of nitrogens with one attached hydrogen (secondary N) is 2. The van der Waals surface area contributed by atoms with Crippen molar-refractivity contribution in [2.24, 2.45) is 20.0 Å². The van der Waals surface area contributed by atoms with E-state index in [1.807, 2.05) is 58.0 Å². The van der Waals surface area contributed by atoms with Gasteiger partial charge in [-0.15, -0.1) is 0 Å². The number of likely N-dealkylation sites (tertiary alicyclic amines) is 1. The third-order valence-electron chi connectivity index (χ3n) is 10.8. The Bertz CT molecular complexity index is 2210.